The number of aliphatic hydroxyl groups is 1. The van der Waals surface area contributed by atoms with E-state index in [-0.39, 0.29) is 12.1 Å². The number of rotatable bonds is 6. The van der Waals surface area contributed by atoms with Crippen LogP contribution in [0.4, 0.5) is 0 Å². The Kier molecular flexibility index (Phi) is 5.03. The second kappa shape index (κ2) is 5.83. The van der Waals surface area contributed by atoms with Gasteiger partial charge in [-0.3, -0.25) is 0 Å². The van der Waals surface area contributed by atoms with Crippen molar-refractivity contribution >= 4 is 0 Å². The summed E-state index contributed by atoms with van der Waals surface area (Å²) in [7, 11) is 0. The van der Waals surface area contributed by atoms with Crippen LogP contribution in [0, 0.1) is 5.92 Å². The van der Waals surface area contributed by atoms with Gasteiger partial charge >= 0.3 is 0 Å². The summed E-state index contributed by atoms with van der Waals surface area (Å²) >= 11 is 0. The lowest BCUT2D eigenvalue weighted by molar-refractivity contribution is 0.234. The predicted molar refractivity (Wildman–Crippen MR) is 63.7 cm³/mol. The molecule has 3 nitrogen and oxygen atoms in total. The summed E-state index contributed by atoms with van der Waals surface area (Å²) in [6.45, 7) is 5.37. The Morgan fingerprint density at radius 1 is 1.60 bits per heavy atom. The van der Waals surface area contributed by atoms with Crippen LogP contribution in [0.25, 0.3) is 0 Å². The lowest BCUT2D eigenvalue weighted by Crippen LogP contribution is -2.53. The lowest BCUT2D eigenvalue weighted by atomic mass is 9.93. The molecule has 0 saturated heterocycles. The van der Waals surface area contributed by atoms with Crippen molar-refractivity contribution in [3.8, 4) is 0 Å². The van der Waals surface area contributed by atoms with Gasteiger partial charge in [0.1, 0.15) is 0 Å². The Morgan fingerprint density at radius 3 is 2.80 bits per heavy atom. The van der Waals surface area contributed by atoms with Crippen molar-refractivity contribution in [2.24, 2.45) is 11.7 Å². The molecule has 4 N–H and O–H groups in total. The van der Waals surface area contributed by atoms with Crippen LogP contribution < -0.4 is 11.1 Å². The molecule has 1 saturated carbocycles. The van der Waals surface area contributed by atoms with Crippen LogP contribution in [0.1, 0.15) is 46.0 Å². The zero-order valence-electron chi connectivity index (χ0n) is 10.1. The van der Waals surface area contributed by atoms with E-state index in [0.717, 1.165) is 18.9 Å². The predicted octanol–water partition coefficient (Wildman–Crippen LogP) is 1.25. The average molecular weight is 214 g/mol. The summed E-state index contributed by atoms with van der Waals surface area (Å²) in [4.78, 5) is 0. The molecule has 1 aliphatic carbocycles. The minimum atomic E-state index is 0.148. The van der Waals surface area contributed by atoms with E-state index in [1.54, 1.807) is 0 Å². The van der Waals surface area contributed by atoms with Gasteiger partial charge in [-0.05, 0) is 38.5 Å². The molecule has 90 valence electrons. The fourth-order valence-electron chi connectivity index (χ4n) is 2.75. The maximum Gasteiger partial charge on any atom is 0.0445 e. The Balaban J connectivity index is 2.47. The fraction of sp³-hybridized carbons (Fsp3) is 1.00. The first-order valence-electron chi connectivity index (χ1n) is 6.24. The maximum atomic E-state index is 8.89. The zero-order valence-corrected chi connectivity index (χ0v) is 10.1. The van der Waals surface area contributed by atoms with Gasteiger partial charge in [0.2, 0.25) is 0 Å². The molecular weight excluding hydrogens is 188 g/mol. The molecule has 0 bridgehead atoms. The number of nitrogens with one attached hydrogen (secondary N) is 1. The van der Waals surface area contributed by atoms with E-state index in [4.69, 9.17) is 10.8 Å². The topological polar surface area (TPSA) is 58.3 Å². The van der Waals surface area contributed by atoms with Crippen LogP contribution in [0.15, 0.2) is 0 Å². The third-order valence-electron chi connectivity index (χ3n) is 3.79. The van der Waals surface area contributed by atoms with E-state index in [2.05, 4.69) is 19.2 Å². The molecule has 1 rings (SSSR count). The van der Waals surface area contributed by atoms with Crippen molar-refractivity contribution < 1.29 is 5.11 Å². The molecule has 1 fully saturated rings. The highest BCUT2D eigenvalue weighted by molar-refractivity contribution is 4.98. The molecule has 3 heteroatoms. The lowest BCUT2D eigenvalue weighted by Gasteiger charge is -2.33. The zero-order chi connectivity index (χ0) is 11.3. The maximum absolute atomic E-state index is 8.89. The summed E-state index contributed by atoms with van der Waals surface area (Å²) in [6, 6.07) is 0.370. The number of aliphatic hydroxyl groups excluding tert-OH is 1. The Labute approximate surface area is 93.4 Å². The Bertz CT molecular complexity index is 186. The monoisotopic (exact) mass is 214 g/mol. The molecule has 3 atom stereocenters. The first-order chi connectivity index (χ1) is 7.15. The molecule has 3 unspecified atom stereocenters. The number of hydrogen-bond acceptors (Lipinski definition) is 3. The SMILES string of the molecule is CCC1CCC(CN)(NC(C)CCO)C1. The van der Waals surface area contributed by atoms with Crippen LogP contribution in [-0.2, 0) is 0 Å². The van der Waals surface area contributed by atoms with Gasteiger partial charge in [-0.2, -0.15) is 0 Å². The molecule has 0 aliphatic heterocycles. The molecule has 0 aromatic heterocycles. The van der Waals surface area contributed by atoms with Crippen molar-refractivity contribution in [2.45, 2.75) is 57.5 Å². The van der Waals surface area contributed by atoms with Crippen LogP contribution in [0.2, 0.25) is 0 Å². The molecular formula is C12H26N2O. The number of nitrogens with two attached hydrogens (primary N) is 1. The smallest absolute Gasteiger partial charge is 0.0445 e. The molecule has 0 spiro atoms. The van der Waals surface area contributed by atoms with Gasteiger partial charge in [0.05, 0.1) is 0 Å². The highest BCUT2D eigenvalue weighted by Crippen LogP contribution is 2.36. The minimum absolute atomic E-state index is 0.148. The van der Waals surface area contributed by atoms with E-state index >= 15 is 0 Å². The molecule has 0 aromatic carbocycles. The first-order valence-corrected chi connectivity index (χ1v) is 6.24. The summed E-state index contributed by atoms with van der Waals surface area (Å²) in [5.41, 5.74) is 6.05. The second-order valence-electron chi connectivity index (χ2n) is 5.06. The van der Waals surface area contributed by atoms with Crippen molar-refractivity contribution in [3.05, 3.63) is 0 Å². The molecule has 0 heterocycles. The van der Waals surface area contributed by atoms with Crippen molar-refractivity contribution in [2.75, 3.05) is 13.2 Å². The van der Waals surface area contributed by atoms with E-state index in [1.165, 1.54) is 25.7 Å². The molecule has 0 aromatic rings. The van der Waals surface area contributed by atoms with E-state index in [0.29, 0.717) is 6.04 Å². The van der Waals surface area contributed by atoms with Gasteiger partial charge in [-0.25, -0.2) is 0 Å². The second-order valence-corrected chi connectivity index (χ2v) is 5.06. The summed E-state index contributed by atoms with van der Waals surface area (Å²) < 4.78 is 0. The van der Waals surface area contributed by atoms with Gasteiger partial charge in [-0.15, -0.1) is 0 Å². The fourth-order valence-corrected chi connectivity index (χ4v) is 2.75. The summed E-state index contributed by atoms with van der Waals surface area (Å²) in [5, 5.41) is 12.5. The molecule has 15 heavy (non-hydrogen) atoms. The van der Waals surface area contributed by atoms with Gasteiger partial charge in [-0.1, -0.05) is 13.3 Å². The van der Waals surface area contributed by atoms with E-state index < -0.39 is 0 Å². The Hall–Kier alpha value is -0.120. The molecule has 1 aliphatic rings. The number of hydrogen-bond donors (Lipinski definition) is 3. The van der Waals surface area contributed by atoms with Crippen LogP contribution in [0.5, 0.6) is 0 Å². The van der Waals surface area contributed by atoms with Crippen molar-refractivity contribution in [1.82, 2.24) is 5.32 Å². The molecule has 0 radical (unpaired) electrons. The van der Waals surface area contributed by atoms with Crippen molar-refractivity contribution in [1.29, 1.82) is 0 Å². The standard InChI is InChI=1S/C12H26N2O/c1-3-11-4-6-12(8-11,9-13)14-10(2)5-7-15/h10-11,14-15H,3-9,13H2,1-2H3. The summed E-state index contributed by atoms with van der Waals surface area (Å²) in [5.74, 6) is 0.836. The Morgan fingerprint density at radius 2 is 2.33 bits per heavy atom. The van der Waals surface area contributed by atoms with Crippen LogP contribution >= 0.6 is 0 Å². The molecule has 0 amide bonds. The van der Waals surface area contributed by atoms with Gasteiger partial charge in [0.25, 0.3) is 0 Å². The third kappa shape index (κ3) is 3.44. The average Bonchev–Trinajstić information content (AvgIpc) is 2.62. The minimum Gasteiger partial charge on any atom is -0.396 e. The highest BCUT2D eigenvalue weighted by atomic mass is 16.3. The van der Waals surface area contributed by atoms with Crippen LogP contribution in [-0.4, -0.2) is 29.8 Å². The van der Waals surface area contributed by atoms with Gasteiger partial charge in [0, 0.05) is 24.7 Å². The van der Waals surface area contributed by atoms with Gasteiger partial charge in [0.15, 0.2) is 0 Å². The van der Waals surface area contributed by atoms with Crippen LogP contribution in [0.3, 0.4) is 0 Å². The first kappa shape index (κ1) is 12.9. The largest absolute Gasteiger partial charge is 0.396 e. The van der Waals surface area contributed by atoms with Gasteiger partial charge < -0.3 is 16.2 Å². The summed E-state index contributed by atoms with van der Waals surface area (Å²) in [6.07, 6.45) is 5.77. The van der Waals surface area contributed by atoms with E-state index in [9.17, 15) is 0 Å². The third-order valence-corrected chi connectivity index (χ3v) is 3.79. The normalized spacial score (nSPS) is 33.2. The highest BCUT2D eigenvalue weighted by Gasteiger charge is 2.37. The van der Waals surface area contributed by atoms with Crippen molar-refractivity contribution in [3.63, 3.8) is 0 Å². The van der Waals surface area contributed by atoms with E-state index in [1.807, 2.05) is 0 Å². The quantitative estimate of drug-likeness (QED) is 0.624.